The fourth-order valence-electron chi connectivity index (χ4n) is 2.69. The van der Waals surface area contributed by atoms with Crippen LogP contribution in [0.25, 0.3) is 17.7 Å². The molecule has 0 unspecified atom stereocenters. The lowest BCUT2D eigenvalue weighted by atomic mass is 10.00. The van der Waals surface area contributed by atoms with E-state index in [9.17, 15) is 4.79 Å². The number of ether oxygens (including phenoxy) is 4. The summed E-state index contributed by atoms with van der Waals surface area (Å²) in [4.78, 5) is 12.1. The molecule has 0 aliphatic heterocycles. The summed E-state index contributed by atoms with van der Waals surface area (Å²) in [5.74, 6) is 0.581. The second-order valence-corrected chi connectivity index (χ2v) is 6.15. The van der Waals surface area contributed by atoms with Gasteiger partial charge in [-0.3, -0.25) is 0 Å². The highest BCUT2D eigenvalue weighted by molar-refractivity contribution is 6.33. The molecule has 0 saturated carbocycles. The number of benzene rings is 2. The lowest BCUT2D eigenvalue weighted by Crippen LogP contribution is -2.05. The van der Waals surface area contributed by atoms with Crippen molar-refractivity contribution in [3.05, 3.63) is 76.5 Å². The standard InChI is InChI=1S/C23H23ClO5/c1-26-15-19(23(25)29-4)18-12-8-7-10-16(18)9-5-6-11-17-13-14-20(27-2)22(28-3)21(17)24/h5-15H,1-4H3. The molecule has 0 N–H and O–H groups in total. The second kappa shape index (κ2) is 11.0. The summed E-state index contributed by atoms with van der Waals surface area (Å²) >= 11 is 6.39. The molecule has 0 fully saturated rings. The van der Waals surface area contributed by atoms with Crippen LogP contribution in [0.1, 0.15) is 16.7 Å². The van der Waals surface area contributed by atoms with Gasteiger partial charge in [0.05, 0.1) is 39.7 Å². The Morgan fingerprint density at radius 2 is 1.59 bits per heavy atom. The van der Waals surface area contributed by atoms with E-state index in [1.54, 1.807) is 20.3 Å². The Hall–Kier alpha value is -3.18. The Balaban J connectivity index is 2.30. The maximum Gasteiger partial charge on any atom is 0.341 e. The molecule has 0 atom stereocenters. The fraction of sp³-hybridized carbons (Fsp3) is 0.174. The van der Waals surface area contributed by atoms with Gasteiger partial charge < -0.3 is 18.9 Å². The summed E-state index contributed by atoms with van der Waals surface area (Å²) in [6.07, 6.45) is 8.82. The molecule has 2 aromatic rings. The number of carbonyl (C=O) groups excluding carboxylic acids is 1. The molecule has 0 aliphatic carbocycles. The number of halogens is 1. The third-order valence-electron chi connectivity index (χ3n) is 4.07. The van der Waals surface area contributed by atoms with Crippen molar-refractivity contribution in [1.29, 1.82) is 0 Å². The summed E-state index contributed by atoms with van der Waals surface area (Å²) in [5, 5.41) is 0.466. The Bertz CT molecular complexity index is 944. The molecular formula is C23H23ClO5. The summed E-state index contributed by atoms with van der Waals surface area (Å²) in [7, 11) is 5.92. The van der Waals surface area contributed by atoms with E-state index in [1.165, 1.54) is 20.5 Å². The normalized spacial score (nSPS) is 11.7. The fourth-order valence-corrected chi connectivity index (χ4v) is 2.98. The predicted molar refractivity (Wildman–Crippen MR) is 116 cm³/mol. The van der Waals surface area contributed by atoms with Gasteiger partial charge in [0, 0.05) is 0 Å². The third kappa shape index (κ3) is 5.42. The van der Waals surface area contributed by atoms with Crippen molar-refractivity contribution in [3.8, 4) is 11.5 Å². The highest BCUT2D eigenvalue weighted by atomic mass is 35.5. The number of carbonyl (C=O) groups is 1. The second-order valence-electron chi connectivity index (χ2n) is 5.77. The van der Waals surface area contributed by atoms with Gasteiger partial charge in [0.2, 0.25) is 0 Å². The molecule has 0 saturated heterocycles. The van der Waals surface area contributed by atoms with Crippen LogP contribution in [0.4, 0.5) is 0 Å². The number of hydrogen-bond donors (Lipinski definition) is 0. The van der Waals surface area contributed by atoms with Gasteiger partial charge >= 0.3 is 5.97 Å². The monoisotopic (exact) mass is 414 g/mol. The smallest absolute Gasteiger partial charge is 0.341 e. The summed E-state index contributed by atoms with van der Waals surface area (Å²) in [6, 6.07) is 11.1. The van der Waals surface area contributed by atoms with E-state index in [-0.39, 0.29) is 0 Å². The van der Waals surface area contributed by atoms with Crippen molar-refractivity contribution in [2.45, 2.75) is 0 Å². The molecule has 0 spiro atoms. The van der Waals surface area contributed by atoms with Crippen LogP contribution in [0.15, 0.2) is 54.8 Å². The minimum Gasteiger partial charge on any atom is -0.503 e. The van der Waals surface area contributed by atoms with Crippen LogP contribution in [0.3, 0.4) is 0 Å². The molecule has 0 heterocycles. The van der Waals surface area contributed by atoms with Crippen LogP contribution in [0.2, 0.25) is 5.02 Å². The third-order valence-corrected chi connectivity index (χ3v) is 4.46. The van der Waals surface area contributed by atoms with E-state index in [2.05, 4.69) is 0 Å². The first kappa shape index (κ1) is 22.1. The SMILES string of the molecule is COC=C(C(=O)OC)c1ccccc1C=CC=Cc1ccc(OC)c(OC)c1Cl. The quantitative estimate of drug-likeness (QED) is 0.256. The maximum absolute atomic E-state index is 12.1. The van der Waals surface area contributed by atoms with Crippen molar-refractivity contribution >= 4 is 35.3 Å². The number of methoxy groups -OCH3 is 4. The van der Waals surface area contributed by atoms with Crippen LogP contribution >= 0.6 is 11.6 Å². The van der Waals surface area contributed by atoms with Crippen LogP contribution in [0, 0.1) is 0 Å². The average molecular weight is 415 g/mol. The molecule has 0 aliphatic rings. The van der Waals surface area contributed by atoms with E-state index >= 15 is 0 Å². The molecule has 2 aromatic carbocycles. The van der Waals surface area contributed by atoms with Crippen molar-refractivity contribution in [2.24, 2.45) is 0 Å². The van der Waals surface area contributed by atoms with Gasteiger partial charge in [-0.15, -0.1) is 0 Å². The van der Waals surface area contributed by atoms with E-state index in [0.717, 1.165) is 11.1 Å². The minimum absolute atomic E-state index is 0.335. The Morgan fingerprint density at radius 3 is 2.21 bits per heavy atom. The lowest BCUT2D eigenvalue weighted by Gasteiger charge is -2.10. The maximum atomic E-state index is 12.1. The summed E-state index contributed by atoms with van der Waals surface area (Å²) in [5.41, 5.74) is 2.67. The topological polar surface area (TPSA) is 54.0 Å². The first-order valence-corrected chi connectivity index (χ1v) is 9.11. The molecule has 0 amide bonds. The van der Waals surface area contributed by atoms with Crippen molar-refractivity contribution in [3.63, 3.8) is 0 Å². The van der Waals surface area contributed by atoms with Gasteiger partial charge in [0.1, 0.15) is 5.57 Å². The molecular weight excluding hydrogens is 392 g/mol. The van der Waals surface area contributed by atoms with Crippen LogP contribution < -0.4 is 9.47 Å². The van der Waals surface area contributed by atoms with Gasteiger partial charge in [-0.1, -0.05) is 60.2 Å². The summed E-state index contributed by atoms with van der Waals surface area (Å²) < 4.78 is 20.4. The zero-order valence-electron chi connectivity index (χ0n) is 16.8. The number of esters is 1. The molecule has 0 aromatic heterocycles. The lowest BCUT2D eigenvalue weighted by molar-refractivity contribution is -0.133. The van der Waals surface area contributed by atoms with Gasteiger partial charge in [0.15, 0.2) is 11.5 Å². The zero-order valence-corrected chi connectivity index (χ0v) is 17.5. The molecule has 29 heavy (non-hydrogen) atoms. The Labute approximate surface area is 175 Å². The van der Waals surface area contributed by atoms with Crippen LogP contribution in [-0.4, -0.2) is 34.4 Å². The molecule has 152 valence electrons. The zero-order chi connectivity index (χ0) is 21.2. The Morgan fingerprint density at radius 1 is 0.897 bits per heavy atom. The van der Waals surface area contributed by atoms with Gasteiger partial charge in [-0.2, -0.15) is 0 Å². The molecule has 0 bridgehead atoms. The molecule has 5 nitrogen and oxygen atoms in total. The van der Waals surface area contributed by atoms with E-state index in [1.807, 2.05) is 54.6 Å². The molecule has 6 heteroatoms. The predicted octanol–water partition coefficient (Wildman–Crippen LogP) is 5.24. The first-order chi connectivity index (χ1) is 14.1. The van der Waals surface area contributed by atoms with E-state index in [4.69, 9.17) is 30.5 Å². The van der Waals surface area contributed by atoms with Crippen LogP contribution in [-0.2, 0) is 14.3 Å². The van der Waals surface area contributed by atoms with Gasteiger partial charge in [0.25, 0.3) is 0 Å². The number of hydrogen-bond acceptors (Lipinski definition) is 5. The van der Waals surface area contributed by atoms with Crippen molar-refractivity contribution in [2.75, 3.05) is 28.4 Å². The van der Waals surface area contributed by atoms with Gasteiger partial charge in [-0.25, -0.2) is 4.79 Å². The largest absolute Gasteiger partial charge is 0.503 e. The molecule has 0 radical (unpaired) electrons. The van der Waals surface area contributed by atoms with Crippen LogP contribution in [0.5, 0.6) is 11.5 Å². The number of rotatable bonds is 8. The molecule has 2 rings (SSSR count). The van der Waals surface area contributed by atoms with Gasteiger partial charge in [-0.05, 0) is 28.8 Å². The highest BCUT2D eigenvalue weighted by Gasteiger charge is 2.15. The highest BCUT2D eigenvalue weighted by Crippen LogP contribution is 2.37. The van der Waals surface area contributed by atoms with Crippen molar-refractivity contribution < 1.29 is 23.7 Å². The number of allylic oxidation sites excluding steroid dienone is 2. The Kier molecular flexibility index (Phi) is 8.37. The average Bonchev–Trinajstić information content (AvgIpc) is 2.75. The van der Waals surface area contributed by atoms with E-state index in [0.29, 0.717) is 27.7 Å². The first-order valence-electron chi connectivity index (χ1n) is 8.73. The summed E-state index contributed by atoms with van der Waals surface area (Å²) in [6.45, 7) is 0. The van der Waals surface area contributed by atoms with Crippen molar-refractivity contribution in [1.82, 2.24) is 0 Å². The van der Waals surface area contributed by atoms with E-state index < -0.39 is 5.97 Å². The minimum atomic E-state index is -0.472.